The van der Waals surface area contributed by atoms with Crippen LogP contribution in [0.15, 0.2) is 48.7 Å². The Balaban J connectivity index is 1.46. The molecule has 1 aliphatic carbocycles. The van der Waals surface area contributed by atoms with E-state index in [4.69, 9.17) is 0 Å². The normalized spacial score (nSPS) is 13.4. The molecule has 0 radical (unpaired) electrons. The van der Waals surface area contributed by atoms with Gasteiger partial charge in [0, 0.05) is 44.3 Å². The molecule has 0 spiro atoms. The number of benzene rings is 2. The van der Waals surface area contributed by atoms with E-state index in [-0.39, 0.29) is 17.5 Å². The molecule has 0 atom stereocenters. The first-order valence-electron chi connectivity index (χ1n) is 11.4. The summed E-state index contributed by atoms with van der Waals surface area (Å²) in [6, 6.07) is 11.2. The summed E-state index contributed by atoms with van der Waals surface area (Å²) in [6.45, 7) is 1.09. The maximum absolute atomic E-state index is 14.5. The second-order valence-electron chi connectivity index (χ2n) is 9.00. The summed E-state index contributed by atoms with van der Waals surface area (Å²) in [4.78, 5) is 25.9. The standard InChI is InChI=1S/C26H26F2N4OS/c1-31(2)26-30-23(24(34-26)17-5-3-6-19(27)13-17)25(33)32(15-16-9-10-16)12-11-18-14-29-21-8-4-7-20(28)22(18)21/h3-8,13-14,16,29H,9-12,15H2,1-2H3. The van der Waals surface area contributed by atoms with Crippen molar-refractivity contribution in [1.29, 1.82) is 0 Å². The van der Waals surface area contributed by atoms with Crippen molar-refractivity contribution < 1.29 is 13.6 Å². The van der Waals surface area contributed by atoms with Crippen LogP contribution in [0.3, 0.4) is 0 Å². The summed E-state index contributed by atoms with van der Waals surface area (Å²) in [6.07, 6.45) is 4.54. The fourth-order valence-corrected chi connectivity index (χ4v) is 5.14. The van der Waals surface area contributed by atoms with Gasteiger partial charge in [-0.3, -0.25) is 4.79 Å². The fraction of sp³-hybridized carbons (Fsp3) is 0.308. The smallest absolute Gasteiger partial charge is 0.274 e. The van der Waals surface area contributed by atoms with Crippen LogP contribution in [0.4, 0.5) is 13.9 Å². The van der Waals surface area contributed by atoms with Gasteiger partial charge in [-0.05, 0) is 60.6 Å². The largest absolute Gasteiger partial charge is 0.361 e. The van der Waals surface area contributed by atoms with Gasteiger partial charge in [0.25, 0.3) is 5.91 Å². The molecular formula is C26H26F2N4OS. The van der Waals surface area contributed by atoms with Gasteiger partial charge in [0.1, 0.15) is 17.3 Å². The molecule has 1 amide bonds. The van der Waals surface area contributed by atoms with Gasteiger partial charge >= 0.3 is 0 Å². The average Bonchev–Trinajstić information content (AvgIpc) is 3.35. The van der Waals surface area contributed by atoms with E-state index in [0.717, 1.165) is 23.9 Å². The summed E-state index contributed by atoms with van der Waals surface area (Å²) >= 11 is 1.38. The molecule has 5 nitrogen and oxygen atoms in total. The van der Waals surface area contributed by atoms with Crippen LogP contribution in [0.5, 0.6) is 0 Å². The number of carbonyl (C=O) groups excluding carboxylic acids is 1. The molecule has 1 saturated carbocycles. The van der Waals surface area contributed by atoms with E-state index in [1.165, 1.54) is 29.5 Å². The van der Waals surface area contributed by atoms with Crippen LogP contribution in [0.1, 0.15) is 28.9 Å². The number of fused-ring (bicyclic) bond motifs is 1. The van der Waals surface area contributed by atoms with E-state index in [1.807, 2.05) is 36.2 Å². The van der Waals surface area contributed by atoms with Crippen LogP contribution in [-0.4, -0.2) is 48.0 Å². The van der Waals surface area contributed by atoms with Gasteiger partial charge in [0.15, 0.2) is 5.13 Å². The quantitative estimate of drug-likeness (QED) is 0.350. The highest BCUT2D eigenvalue weighted by molar-refractivity contribution is 7.19. The second-order valence-corrected chi connectivity index (χ2v) is 9.98. The summed E-state index contributed by atoms with van der Waals surface area (Å²) in [5.74, 6) is -0.312. The second kappa shape index (κ2) is 9.18. The van der Waals surface area contributed by atoms with Gasteiger partial charge in [-0.25, -0.2) is 13.8 Å². The number of hydrogen-bond donors (Lipinski definition) is 1. The Bertz CT molecular complexity index is 1340. The van der Waals surface area contributed by atoms with E-state index < -0.39 is 0 Å². The summed E-state index contributed by atoms with van der Waals surface area (Å²) in [5, 5.41) is 1.26. The van der Waals surface area contributed by atoms with Crippen molar-refractivity contribution in [3.05, 3.63) is 71.6 Å². The number of rotatable bonds is 8. The van der Waals surface area contributed by atoms with Gasteiger partial charge in [0.05, 0.1) is 4.88 Å². The molecule has 2 heterocycles. The fourth-order valence-electron chi connectivity index (χ4n) is 4.17. The third-order valence-electron chi connectivity index (χ3n) is 6.14. The minimum Gasteiger partial charge on any atom is -0.361 e. The highest BCUT2D eigenvalue weighted by Crippen LogP contribution is 2.36. The lowest BCUT2D eigenvalue weighted by atomic mass is 10.1. The zero-order valence-electron chi connectivity index (χ0n) is 19.1. The Labute approximate surface area is 201 Å². The number of carbonyl (C=O) groups is 1. The summed E-state index contributed by atoms with van der Waals surface area (Å²) < 4.78 is 28.4. The number of anilines is 1. The molecule has 8 heteroatoms. The number of aromatic nitrogens is 2. The predicted octanol–water partition coefficient (Wildman–Crippen LogP) is 5.73. The first-order chi connectivity index (χ1) is 16.4. The van der Waals surface area contributed by atoms with Crippen LogP contribution in [0, 0.1) is 17.6 Å². The molecule has 4 aromatic rings. The van der Waals surface area contributed by atoms with Crippen molar-refractivity contribution in [3.63, 3.8) is 0 Å². The van der Waals surface area contributed by atoms with Crippen molar-refractivity contribution in [2.24, 2.45) is 5.92 Å². The highest BCUT2D eigenvalue weighted by atomic mass is 32.1. The zero-order chi connectivity index (χ0) is 23.8. The minimum absolute atomic E-state index is 0.171. The van der Waals surface area contributed by atoms with Crippen molar-refractivity contribution >= 4 is 33.3 Å². The number of nitrogens with zero attached hydrogens (tertiary/aromatic N) is 3. The Kier molecular flexibility index (Phi) is 6.08. The number of halogens is 2. The molecule has 2 aromatic carbocycles. The molecule has 1 aliphatic rings. The molecule has 0 aliphatic heterocycles. The average molecular weight is 481 g/mol. The number of nitrogens with one attached hydrogen (secondary N) is 1. The molecule has 5 rings (SSSR count). The molecule has 0 bridgehead atoms. The van der Waals surface area contributed by atoms with E-state index >= 15 is 0 Å². The van der Waals surface area contributed by atoms with Crippen LogP contribution in [0.2, 0.25) is 0 Å². The van der Waals surface area contributed by atoms with Crippen LogP contribution in [0.25, 0.3) is 21.3 Å². The maximum Gasteiger partial charge on any atom is 0.274 e. The number of H-pyrrole nitrogens is 1. The Morgan fingerprint density at radius 2 is 1.97 bits per heavy atom. The van der Waals surface area contributed by atoms with Gasteiger partial charge in [0.2, 0.25) is 0 Å². The minimum atomic E-state index is -0.355. The molecule has 176 valence electrons. The Hall–Kier alpha value is -3.26. The highest BCUT2D eigenvalue weighted by Gasteiger charge is 2.30. The first kappa shape index (κ1) is 22.5. The van der Waals surface area contributed by atoms with Crippen molar-refractivity contribution in [1.82, 2.24) is 14.9 Å². The lowest BCUT2D eigenvalue weighted by Gasteiger charge is -2.22. The number of aromatic amines is 1. The molecule has 1 N–H and O–H groups in total. The van der Waals surface area contributed by atoms with E-state index in [9.17, 15) is 13.6 Å². The lowest BCUT2D eigenvalue weighted by Crippen LogP contribution is -2.35. The van der Waals surface area contributed by atoms with Gasteiger partial charge in [-0.15, -0.1) is 0 Å². The summed E-state index contributed by atoms with van der Waals surface area (Å²) in [5.41, 5.74) is 2.57. The van der Waals surface area contributed by atoms with Crippen LogP contribution >= 0.6 is 11.3 Å². The van der Waals surface area contributed by atoms with Gasteiger partial charge in [-0.1, -0.05) is 29.5 Å². The third-order valence-corrected chi connectivity index (χ3v) is 7.41. The van der Waals surface area contributed by atoms with E-state index in [0.29, 0.717) is 52.1 Å². The predicted molar refractivity (Wildman–Crippen MR) is 132 cm³/mol. The third kappa shape index (κ3) is 4.55. The SMILES string of the molecule is CN(C)c1nc(C(=O)N(CCc2c[nH]c3cccc(F)c23)CC2CC2)c(-c2cccc(F)c2)s1. The topological polar surface area (TPSA) is 52.2 Å². The molecule has 0 unspecified atom stereocenters. The summed E-state index contributed by atoms with van der Waals surface area (Å²) in [7, 11) is 3.74. The van der Waals surface area contributed by atoms with Gasteiger partial charge in [-0.2, -0.15) is 0 Å². The molecule has 1 fully saturated rings. The Morgan fingerprint density at radius 3 is 2.71 bits per heavy atom. The molecule has 2 aromatic heterocycles. The zero-order valence-corrected chi connectivity index (χ0v) is 20.0. The van der Waals surface area contributed by atoms with E-state index in [2.05, 4.69) is 9.97 Å². The number of amides is 1. The molecular weight excluding hydrogens is 454 g/mol. The lowest BCUT2D eigenvalue weighted by molar-refractivity contribution is 0.0745. The van der Waals surface area contributed by atoms with Crippen molar-refractivity contribution in [3.8, 4) is 10.4 Å². The van der Waals surface area contributed by atoms with Crippen LogP contribution in [-0.2, 0) is 6.42 Å². The van der Waals surface area contributed by atoms with Crippen molar-refractivity contribution in [2.45, 2.75) is 19.3 Å². The maximum atomic E-state index is 14.5. The van der Waals surface area contributed by atoms with Crippen molar-refractivity contribution in [2.75, 3.05) is 32.1 Å². The number of thiazole rings is 1. The van der Waals surface area contributed by atoms with Crippen LogP contribution < -0.4 is 4.90 Å². The Morgan fingerprint density at radius 1 is 1.18 bits per heavy atom. The molecule has 34 heavy (non-hydrogen) atoms. The monoisotopic (exact) mass is 480 g/mol. The first-order valence-corrected chi connectivity index (χ1v) is 12.2. The molecule has 0 saturated heterocycles. The van der Waals surface area contributed by atoms with E-state index in [1.54, 1.807) is 18.2 Å². The number of hydrogen-bond acceptors (Lipinski definition) is 4. The van der Waals surface area contributed by atoms with Gasteiger partial charge < -0.3 is 14.8 Å².